The molecule has 68 valence electrons. The molecule has 4 heteroatoms. The van der Waals surface area contributed by atoms with E-state index in [1.807, 2.05) is 0 Å². The lowest BCUT2D eigenvalue weighted by atomic mass is 9.87. The van der Waals surface area contributed by atoms with E-state index in [0.717, 1.165) is 0 Å². The normalized spacial score (nSPS) is 29.3. The van der Waals surface area contributed by atoms with Gasteiger partial charge in [-0.15, -0.1) is 0 Å². The molecular weight excluding hydrogens is 160 g/mol. The number of carbonyl (C=O) groups excluding carboxylic acids is 1. The van der Waals surface area contributed by atoms with Crippen LogP contribution in [-0.4, -0.2) is 23.7 Å². The third kappa shape index (κ3) is 2.22. The average molecular weight is 172 g/mol. The molecule has 12 heavy (non-hydrogen) atoms. The largest absolute Gasteiger partial charge is 0.481 e. The van der Waals surface area contributed by atoms with E-state index < -0.39 is 5.97 Å². The number of carboxylic acids is 1. The van der Waals surface area contributed by atoms with Crippen molar-refractivity contribution in [2.45, 2.75) is 31.8 Å². The number of aliphatic carboxylic acids is 1. The van der Waals surface area contributed by atoms with Gasteiger partial charge in [0.2, 0.25) is 0 Å². The molecule has 0 aromatic rings. The van der Waals surface area contributed by atoms with Gasteiger partial charge in [-0.2, -0.15) is 0 Å². The highest BCUT2D eigenvalue weighted by Crippen LogP contribution is 2.25. The van der Waals surface area contributed by atoms with Crippen LogP contribution in [0.3, 0.4) is 0 Å². The van der Waals surface area contributed by atoms with Crippen molar-refractivity contribution in [1.82, 2.24) is 0 Å². The number of rotatable bonds is 3. The second-order valence-corrected chi connectivity index (χ2v) is 3.04. The van der Waals surface area contributed by atoms with Crippen LogP contribution in [0, 0.1) is 5.92 Å². The van der Waals surface area contributed by atoms with Crippen molar-refractivity contribution in [1.29, 1.82) is 0 Å². The summed E-state index contributed by atoms with van der Waals surface area (Å²) in [5.41, 5.74) is 0. The molecule has 0 unspecified atom stereocenters. The van der Waals surface area contributed by atoms with Crippen LogP contribution in [-0.2, 0) is 14.3 Å². The van der Waals surface area contributed by atoms with Crippen LogP contribution in [0.15, 0.2) is 0 Å². The van der Waals surface area contributed by atoms with Crippen molar-refractivity contribution in [2.24, 2.45) is 5.92 Å². The Morgan fingerprint density at radius 3 is 2.33 bits per heavy atom. The minimum atomic E-state index is -0.737. The van der Waals surface area contributed by atoms with Gasteiger partial charge in [0.25, 0.3) is 6.47 Å². The number of hydrogen-bond acceptors (Lipinski definition) is 3. The maximum Gasteiger partial charge on any atom is 0.306 e. The summed E-state index contributed by atoms with van der Waals surface area (Å²) < 4.78 is 4.74. The van der Waals surface area contributed by atoms with Crippen LogP contribution in [0.1, 0.15) is 25.7 Å². The first-order chi connectivity index (χ1) is 5.74. The smallest absolute Gasteiger partial charge is 0.306 e. The summed E-state index contributed by atoms with van der Waals surface area (Å²) in [6, 6.07) is 0. The van der Waals surface area contributed by atoms with E-state index in [4.69, 9.17) is 9.84 Å². The molecule has 1 rings (SSSR count). The molecule has 4 nitrogen and oxygen atoms in total. The van der Waals surface area contributed by atoms with Gasteiger partial charge in [0.1, 0.15) is 6.10 Å². The topological polar surface area (TPSA) is 63.6 Å². The van der Waals surface area contributed by atoms with E-state index in [2.05, 4.69) is 0 Å². The van der Waals surface area contributed by atoms with Gasteiger partial charge in [-0.3, -0.25) is 9.59 Å². The van der Waals surface area contributed by atoms with Gasteiger partial charge in [-0.05, 0) is 25.7 Å². The summed E-state index contributed by atoms with van der Waals surface area (Å²) in [5.74, 6) is -0.976. The fourth-order valence-corrected chi connectivity index (χ4v) is 1.52. The highest BCUT2D eigenvalue weighted by Gasteiger charge is 2.26. The van der Waals surface area contributed by atoms with E-state index in [1.165, 1.54) is 0 Å². The zero-order valence-corrected chi connectivity index (χ0v) is 6.73. The van der Waals surface area contributed by atoms with Crippen molar-refractivity contribution >= 4 is 12.4 Å². The third-order valence-corrected chi connectivity index (χ3v) is 2.27. The first-order valence-corrected chi connectivity index (χ1v) is 4.06. The highest BCUT2D eigenvalue weighted by atomic mass is 16.5. The predicted octanol–water partition coefficient (Wildman–Crippen LogP) is 0.803. The Kier molecular flexibility index (Phi) is 3.08. The molecule has 0 amide bonds. The molecule has 0 bridgehead atoms. The zero-order chi connectivity index (χ0) is 8.97. The minimum Gasteiger partial charge on any atom is -0.481 e. The fraction of sp³-hybridized carbons (Fsp3) is 0.750. The Bertz CT molecular complexity index is 170. The maximum atomic E-state index is 10.5. The van der Waals surface area contributed by atoms with Crippen LogP contribution in [0.5, 0.6) is 0 Å². The summed E-state index contributed by atoms with van der Waals surface area (Å²) >= 11 is 0. The first-order valence-electron chi connectivity index (χ1n) is 4.06. The van der Waals surface area contributed by atoms with E-state index >= 15 is 0 Å². The van der Waals surface area contributed by atoms with Crippen molar-refractivity contribution < 1.29 is 19.4 Å². The lowest BCUT2D eigenvalue weighted by Crippen LogP contribution is -2.25. The number of carboxylic acid groups (broad SMARTS) is 1. The molecule has 1 fully saturated rings. The minimum absolute atomic E-state index is 0.0573. The summed E-state index contributed by atoms with van der Waals surface area (Å²) in [5, 5.41) is 8.64. The lowest BCUT2D eigenvalue weighted by Gasteiger charge is -2.24. The van der Waals surface area contributed by atoms with Crippen molar-refractivity contribution in [3.63, 3.8) is 0 Å². The Labute approximate surface area is 70.5 Å². The van der Waals surface area contributed by atoms with Gasteiger partial charge < -0.3 is 9.84 Å². The second kappa shape index (κ2) is 4.09. The molecule has 0 radical (unpaired) electrons. The molecule has 0 saturated heterocycles. The molecule has 1 saturated carbocycles. The Morgan fingerprint density at radius 1 is 1.33 bits per heavy atom. The van der Waals surface area contributed by atoms with Gasteiger partial charge in [-0.1, -0.05) is 0 Å². The number of hydrogen-bond donors (Lipinski definition) is 1. The maximum absolute atomic E-state index is 10.5. The molecule has 0 aromatic heterocycles. The van der Waals surface area contributed by atoms with Crippen LogP contribution >= 0.6 is 0 Å². The molecule has 0 atom stereocenters. The number of carbonyl (C=O) groups is 2. The van der Waals surface area contributed by atoms with Crippen LogP contribution in [0.2, 0.25) is 0 Å². The predicted molar refractivity (Wildman–Crippen MR) is 40.5 cm³/mol. The van der Waals surface area contributed by atoms with Crippen LogP contribution in [0.25, 0.3) is 0 Å². The Hall–Kier alpha value is -1.06. The van der Waals surface area contributed by atoms with Crippen LogP contribution in [0.4, 0.5) is 0 Å². The van der Waals surface area contributed by atoms with Gasteiger partial charge in [0, 0.05) is 0 Å². The quantitative estimate of drug-likeness (QED) is 0.639. The highest BCUT2D eigenvalue weighted by molar-refractivity contribution is 5.70. The van der Waals surface area contributed by atoms with E-state index in [9.17, 15) is 9.59 Å². The second-order valence-electron chi connectivity index (χ2n) is 3.04. The van der Waals surface area contributed by atoms with Gasteiger partial charge in [0.15, 0.2) is 0 Å². The average Bonchev–Trinajstić information content (AvgIpc) is 2.06. The first kappa shape index (κ1) is 9.03. The monoisotopic (exact) mass is 172 g/mol. The van der Waals surface area contributed by atoms with Gasteiger partial charge in [-0.25, -0.2) is 0 Å². The molecular formula is C8H12O4. The van der Waals surface area contributed by atoms with Gasteiger partial charge in [0.05, 0.1) is 5.92 Å². The van der Waals surface area contributed by atoms with Crippen LogP contribution < -0.4 is 0 Å². The van der Waals surface area contributed by atoms with Crippen molar-refractivity contribution in [3.8, 4) is 0 Å². The van der Waals surface area contributed by atoms with Gasteiger partial charge >= 0.3 is 5.97 Å². The third-order valence-electron chi connectivity index (χ3n) is 2.27. The van der Waals surface area contributed by atoms with E-state index in [1.54, 1.807) is 0 Å². The van der Waals surface area contributed by atoms with E-state index in [-0.39, 0.29) is 12.0 Å². The Balaban J connectivity index is 2.29. The summed E-state index contributed by atoms with van der Waals surface area (Å²) in [6.07, 6.45) is 2.53. The molecule has 1 aliphatic carbocycles. The zero-order valence-electron chi connectivity index (χ0n) is 6.73. The standard InChI is InChI=1S/C8H12O4/c9-5-12-7-3-1-6(2-4-7)8(10)11/h5-7H,1-4H2,(H,10,11). The van der Waals surface area contributed by atoms with Crippen molar-refractivity contribution in [2.75, 3.05) is 0 Å². The molecule has 1 aliphatic rings. The SMILES string of the molecule is O=COC1CCC(C(=O)O)CC1. The molecule has 0 aromatic carbocycles. The molecule has 0 heterocycles. The van der Waals surface area contributed by atoms with E-state index in [0.29, 0.717) is 32.2 Å². The number of ether oxygens (including phenoxy) is 1. The molecule has 0 aliphatic heterocycles. The Morgan fingerprint density at radius 2 is 1.92 bits per heavy atom. The summed E-state index contributed by atoms with van der Waals surface area (Å²) in [6.45, 7) is 0.436. The summed E-state index contributed by atoms with van der Waals surface area (Å²) in [4.78, 5) is 20.5. The molecule has 1 N–H and O–H groups in total. The lowest BCUT2D eigenvalue weighted by molar-refractivity contribution is -0.144. The summed E-state index contributed by atoms with van der Waals surface area (Å²) in [7, 11) is 0. The molecule has 0 spiro atoms. The van der Waals surface area contributed by atoms with Crippen molar-refractivity contribution in [3.05, 3.63) is 0 Å². The fourth-order valence-electron chi connectivity index (χ4n) is 1.52.